The molecule has 0 saturated carbocycles. The molecule has 0 amide bonds. The van der Waals surface area contributed by atoms with Gasteiger partial charge in [-0.05, 0) is 31.4 Å². The van der Waals surface area contributed by atoms with E-state index in [0.29, 0.717) is 6.04 Å². The highest BCUT2D eigenvalue weighted by Gasteiger charge is 2.38. The Morgan fingerprint density at radius 1 is 1.19 bits per heavy atom. The first-order chi connectivity index (χ1) is 7.84. The van der Waals surface area contributed by atoms with E-state index in [2.05, 4.69) is 34.1 Å². The summed E-state index contributed by atoms with van der Waals surface area (Å²) in [7, 11) is 0. The number of rotatable bonds is 1. The summed E-state index contributed by atoms with van der Waals surface area (Å²) < 4.78 is 0. The van der Waals surface area contributed by atoms with Gasteiger partial charge in [0.1, 0.15) is 5.82 Å². The minimum atomic E-state index is 0.713. The van der Waals surface area contributed by atoms with Crippen molar-refractivity contribution in [3.63, 3.8) is 0 Å². The zero-order valence-electron chi connectivity index (χ0n) is 10.5. The van der Waals surface area contributed by atoms with Crippen molar-refractivity contribution in [3.05, 3.63) is 23.9 Å². The maximum absolute atomic E-state index is 4.49. The molecule has 2 fully saturated rings. The third-order valence-corrected chi connectivity index (χ3v) is 3.22. The molecule has 0 unspecified atom stereocenters. The molecule has 1 aromatic heterocycles. The number of hydrazine groups is 1. The standard InChI is InChI=1S/C11H15N3.C2H6/c1-9-2-3-11(12-8-9)14-10-4-6-13(14)7-5-10;1-2/h2-3,8,10H,4-7H2,1H3;1-2H3. The Balaban J connectivity index is 0.000000457. The number of fused-ring (bicyclic) bond motifs is 2. The van der Waals surface area contributed by atoms with Crippen LogP contribution in [0.15, 0.2) is 18.3 Å². The molecule has 0 radical (unpaired) electrons. The van der Waals surface area contributed by atoms with Gasteiger partial charge in [0.25, 0.3) is 0 Å². The van der Waals surface area contributed by atoms with Crippen LogP contribution >= 0.6 is 0 Å². The first-order valence-electron chi connectivity index (χ1n) is 6.31. The molecule has 2 aliphatic rings. The largest absolute Gasteiger partial charge is 0.286 e. The first kappa shape index (κ1) is 11.4. The molecule has 1 aromatic rings. The van der Waals surface area contributed by atoms with E-state index < -0.39 is 0 Å². The fourth-order valence-corrected chi connectivity index (χ4v) is 2.47. The SMILES string of the molecule is CC.Cc1ccc(N2C3CCN2CC3)nc1. The number of pyridine rings is 1. The Hall–Kier alpha value is -1.09. The van der Waals surface area contributed by atoms with Crippen LogP contribution in [0.4, 0.5) is 5.82 Å². The predicted octanol–water partition coefficient (Wildman–Crippen LogP) is 2.62. The number of anilines is 1. The van der Waals surface area contributed by atoms with Crippen LogP contribution in [0.3, 0.4) is 0 Å². The van der Waals surface area contributed by atoms with Gasteiger partial charge in [-0.1, -0.05) is 19.9 Å². The second kappa shape index (κ2) is 4.83. The molecule has 3 heterocycles. The lowest BCUT2D eigenvalue weighted by Crippen LogP contribution is -2.33. The highest BCUT2D eigenvalue weighted by Crippen LogP contribution is 2.32. The van der Waals surface area contributed by atoms with Crippen LogP contribution in [0.1, 0.15) is 32.3 Å². The lowest BCUT2D eigenvalue weighted by atomic mass is 10.1. The summed E-state index contributed by atoms with van der Waals surface area (Å²) in [6, 6.07) is 4.98. The van der Waals surface area contributed by atoms with E-state index in [1.54, 1.807) is 0 Å². The Labute approximate surface area is 98.1 Å². The van der Waals surface area contributed by atoms with Gasteiger partial charge in [-0.25, -0.2) is 9.99 Å². The van der Waals surface area contributed by atoms with Crippen LogP contribution in [0.2, 0.25) is 0 Å². The van der Waals surface area contributed by atoms with Gasteiger partial charge < -0.3 is 0 Å². The lowest BCUT2D eigenvalue weighted by molar-refractivity contribution is 0.346. The number of piperidine rings is 1. The molecule has 2 saturated heterocycles. The summed E-state index contributed by atoms with van der Waals surface area (Å²) in [6.45, 7) is 8.50. The molecule has 88 valence electrons. The molecule has 2 bridgehead atoms. The molecular formula is C13H21N3. The van der Waals surface area contributed by atoms with Gasteiger partial charge in [0.05, 0.1) is 0 Å². The molecule has 3 nitrogen and oxygen atoms in total. The number of aryl methyl sites for hydroxylation is 1. The molecule has 3 heteroatoms. The minimum absolute atomic E-state index is 0.713. The average molecular weight is 219 g/mol. The molecule has 0 spiro atoms. The van der Waals surface area contributed by atoms with Crippen molar-refractivity contribution in [2.45, 2.75) is 39.7 Å². The second-order valence-electron chi connectivity index (χ2n) is 4.22. The van der Waals surface area contributed by atoms with Gasteiger partial charge in [-0.2, -0.15) is 0 Å². The Morgan fingerprint density at radius 3 is 2.31 bits per heavy atom. The maximum Gasteiger partial charge on any atom is 0.143 e. The Bertz CT molecular complexity index is 314. The number of aromatic nitrogens is 1. The summed E-state index contributed by atoms with van der Waals surface area (Å²) in [5.74, 6) is 1.12. The van der Waals surface area contributed by atoms with Crippen LogP contribution in [-0.2, 0) is 0 Å². The van der Waals surface area contributed by atoms with Crippen LogP contribution < -0.4 is 5.01 Å². The van der Waals surface area contributed by atoms with Gasteiger partial charge in [0.15, 0.2) is 0 Å². The molecule has 3 rings (SSSR count). The summed E-state index contributed by atoms with van der Waals surface area (Å²) in [5, 5.41) is 4.79. The van der Waals surface area contributed by atoms with E-state index in [-0.39, 0.29) is 0 Å². The molecule has 16 heavy (non-hydrogen) atoms. The zero-order chi connectivity index (χ0) is 11.5. The summed E-state index contributed by atoms with van der Waals surface area (Å²) in [5.41, 5.74) is 1.23. The molecule has 0 aliphatic carbocycles. The van der Waals surface area contributed by atoms with E-state index in [4.69, 9.17) is 0 Å². The highest BCUT2D eigenvalue weighted by atomic mass is 15.7. The van der Waals surface area contributed by atoms with Crippen molar-refractivity contribution in [2.24, 2.45) is 0 Å². The van der Waals surface area contributed by atoms with Gasteiger partial charge in [-0.15, -0.1) is 0 Å². The lowest BCUT2D eigenvalue weighted by Gasteiger charge is -2.24. The van der Waals surface area contributed by atoms with Crippen LogP contribution in [-0.4, -0.2) is 29.1 Å². The van der Waals surface area contributed by atoms with E-state index in [0.717, 1.165) is 5.82 Å². The minimum Gasteiger partial charge on any atom is -0.286 e. The summed E-state index contributed by atoms with van der Waals surface area (Å²) >= 11 is 0. The monoisotopic (exact) mass is 219 g/mol. The molecular weight excluding hydrogens is 198 g/mol. The van der Waals surface area contributed by atoms with E-state index in [1.165, 1.54) is 31.5 Å². The van der Waals surface area contributed by atoms with Crippen molar-refractivity contribution in [1.29, 1.82) is 0 Å². The van der Waals surface area contributed by atoms with Crippen molar-refractivity contribution < 1.29 is 0 Å². The van der Waals surface area contributed by atoms with Crippen molar-refractivity contribution in [3.8, 4) is 0 Å². The third kappa shape index (κ3) is 1.92. The van der Waals surface area contributed by atoms with Crippen molar-refractivity contribution in [1.82, 2.24) is 9.99 Å². The number of nitrogens with zero attached hydrogens (tertiary/aromatic N) is 3. The Kier molecular flexibility index (Phi) is 3.44. The van der Waals surface area contributed by atoms with E-state index in [1.807, 2.05) is 20.0 Å². The second-order valence-corrected chi connectivity index (χ2v) is 4.22. The first-order valence-corrected chi connectivity index (χ1v) is 6.31. The van der Waals surface area contributed by atoms with Crippen LogP contribution in [0.5, 0.6) is 0 Å². The summed E-state index contributed by atoms with van der Waals surface area (Å²) in [6.07, 6.45) is 4.55. The zero-order valence-corrected chi connectivity index (χ0v) is 10.5. The van der Waals surface area contributed by atoms with Crippen molar-refractivity contribution >= 4 is 5.82 Å². The summed E-state index contributed by atoms with van der Waals surface area (Å²) in [4.78, 5) is 4.49. The van der Waals surface area contributed by atoms with Gasteiger partial charge in [0.2, 0.25) is 0 Å². The van der Waals surface area contributed by atoms with Crippen LogP contribution in [0.25, 0.3) is 0 Å². The van der Waals surface area contributed by atoms with Crippen LogP contribution in [0, 0.1) is 6.92 Å². The highest BCUT2D eigenvalue weighted by molar-refractivity contribution is 5.41. The predicted molar refractivity (Wildman–Crippen MR) is 67.4 cm³/mol. The molecule has 0 aromatic carbocycles. The number of hydrogen-bond donors (Lipinski definition) is 0. The van der Waals surface area contributed by atoms with Gasteiger partial charge in [-0.3, -0.25) is 5.01 Å². The molecule has 2 aliphatic heterocycles. The maximum atomic E-state index is 4.49. The van der Waals surface area contributed by atoms with Crippen molar-refractivity contribution in [2.75, 3.05) is 18.1 Å². The Morgan fingerprint density at radius 2 is 1.88 bits per heavy atom. The topological polar surface area (TPSA) is 19.4 Å². The van der Waals surface area contributed by atoms with Gasteiger partial charge >= 0.3 is 0 Å². The third-order valence-electron chi connectivity index (χ3n) is 3.22. The quantitative estimate of drug-likeness (QED) is 0.724. The fourth-order valence-electron chi connectivity index (χ4n) is 2.47. The molecule has 0 atom stereocenters. The normalized spacial score (nSPS) is 26.6. The van der Waals surface area contributed by atoms with E-state index >= 15 is 0 Å². The fraction of sp³-hybridized carbons (Fsp3) is 0.615. The average Bonchev–Trinajstić information content (AvgIpc) is 2.93. The smallest absolute Gasteiger partial charge is 0.143 e. The number of hydrogen-bond acceptors (Lipinski definition) is 3. The molecule has 0 N–H and O–H groups in total. The van der Waals surface area contributed by atoms with E-state index in [9.17, 15) is 0 Å². The van der Waals surface area contributed by atoms with Gasteiger partial charge in [0, 0.05) is 25.3 Å².